The third kappa shape index (κ3) is 3.71. The maximum atomic E-state index is 5.52. The first-order chi connectivity index (χ1) is 15.5. The molecule has 3 heterocycles. The van der Waals surface area contributed by atoms with Crippen molar-refractivity contribution >= 4 is 22.7 Å². The molecule has 1 atom stereocenters. The summed E-state index contributed by atoms with van der Waals surface area (Å²) in [6, 6.07) is 16.6. The van der Waals surface area contributed by atoms with Crippen LogP contribution in [0, 0.1) is 6.92 Å². The standard InChI is InChI=1S/C24H24N6OS/c1-14(2)21-26-23(31-29-21)16(4)32-24-28-27-22(30(24)17-9-7-8-15(3)12-17)19-13-25-20-11-6-5-10-18(19)20/h5-14,16,25H,1-4H3. The number of nitrogens with zero attached hydrogens (tertiary/aromatic N) is 5. The van der Waals surface area contributed by atoms with Crippen molar-refractivity contribution in [3.63, 3.8) is 0 Å². The van der Waals surface area contributed by atoms with Gasteiger partial charge in [0.1, 0.15) is 0 Å². The van der Waals surface area contributed by atoms with Gasteiger partial charge in [0.15, 0.2) is 16.8 Å². The predicted octanol–water partition coefficient (Wildman–Crippen LogP) is 6.08. The Balaban J connectivity index is 1.60. The van der Waals surface area contributed by atoms with Crippen molar-refractivity contribution in [1.82, 2.24) is 29.9 Å². The summed E-state index contributed by atoms with van der Waals surface area (Å²) < 4.78 is 7.62. The maximum absolute atomic E-state index is 5.52. The normalized spacial score (nSPS) is 12.7. The number of fused-ring (bicyclic) bond motifs is 1. The van der Waals surface area contributed by atoms with E-state index >= 15 is 0 Å². The molecule has 0 fully saturated rings. The molecule has 0 amide bonds. The SMILES string of the molecule is Cc1cccc(-n2c(SC(C)c3nc(C(C)C)no3)nnc2-c2c[nH]c3ccccc23)c1. The number of benzene rings is 2. The summed E-state index contributed by atoms with van der Waals surface area (Å²) in [5.41, 5.74) is 4.26. The first kappa shape index (κ1) is 20.5. The fourth-order valence-corrected chi connectivity index (χ4v) is 4.53. The Bertz CT molecular complexity index is 1380. The quantitative estimate of drug-likeness (QED) is 0.319. The molecule has 162 valence electrons. The second kappa shape index (κ2) is 8.27. The zero-order chi connectivity index (χ0) is 22.2. The molecule has 0 radical (unpaired) electrons. The fourth-order valence-electron chi connectivity index (χ4n) is 3.63. The van der Waals surface area contributed by atoms with Gasteiger partial charge in [0.05, 0.1) is 5.25 Å². The third-order valence-corrected chi connectivity index (χ3v) is 6.36. The van der Waals surface area contributed by atoms with E-state index in [1.807, 2.05) is 39.1 Å². The zero-order valence-corrected chi connectivity index (χ0v) is 19.2. The Hall–Kier alpha value is -3.39. The zero-order valence-electron chi connectivity index (χ0n) is 18.4. The van der Waals surface area contributed by atoms with Crippen molar-refractivity contribution in [3.8, 4) is 17.1 Å². The molecule has 0 spiro atoms. The number of hydrogen-bond acceptors (Lipinski definition) is 6. The average Bonchev–Trinajstić information content (AvgIpc) is 3.51. The Morgan fingerprint density at radius 2 is 1.88 bits per heavy atom. The van der Waals surface area contributed by atoms with Gasteiger partial charge in [-0.1, -0.05) is 61.1 Å². The number of aromatic nitrogens is 6. The van der Waals surface area contributed by atoms with E-state index in [-0.39, 0.29) is 11.2 Å². The second-order valence-corrected chi connectivity index (χ2v) is 9.44. The van der Waals surface area contributed by atoms with Crippen LogP contribution in [-0.2, 0) is 0 Å². The maximum Gasteiger partial charge on any atom is 0.239 e. The van der Waals surface area contributed by atoms with Crippen LogP contribution >= 0.6 is 11.8 Å². The van der Waals surface area contributed by atoms with Gasteiger partial charge in [-0.05, 0) is 37.6 Å². The van der Waals surface area contributed by atoms with Crippen LogP contribution < -0.4 is 0 Å². The highest BCUT2D eigenvalue weighted by atomic mass is 32.2. The van der Waals surface area contributed by atoms with Crippen LogP contribution in [-0.4, -0.2) is 29.9 Å². The van der Waals surface area contributed by atoms with E-state index in [9.17, 15) is 0 Å². The summed E-state index contributed by atoms with van der Waals surface area (Å²) in [5.74, 6) is 2.31. The van der Waals surface area contributed by atoms with Crippen LogP contribution in [0.3, 0.4) is 0 Å². The van der Waals surface area contributed by atoms with Crippen LogP contribution in [0.2, 0.25) is 0 Å². The number of rotatable bonds is 6. The highest BCUT2D eigenvalue weighted by Crippen LogP contribution is 2.38. The number of hydrogen-bond donors (Lipinski definition) is 1. The van der Waals surface area contributed by atoms with Crippen LogP contribution in [0.1, 0.15) is 49.2 Å². The molecule has 1 N–H and O–H groups in total. The topological polar surface area (TPSA) is 85.4 Å². The molecule has 0 bridgehead atoms. The van der Waals surface area contributed by atoms with E-state index in [4.69, 9.17) is 4.52 Å². The molecule has 32 heavy (non-hydrogen) atoms. The minimum absolute atomic E-state index is 0.0708. The molecule has 2 aromatic carbocycles. The van der Waals surface area contributed by atoms with E-state index in [0.29, 0.717) is 11.7 Å². The number of thioether (sulfide) groups is 1. The Morgan fingerprint density at radius 3 is 2.66 bits per heavy atom. The third-order valence-electron chi connectivity index (χ3n) is 5.33. The van der Waals surface area contributed by atoms with Gasteiger partial charge in [0.25, 0.3) is 0 Å². The van der Waals surface area contributed by atoms with Gasteiger partial charge in [-0.25, -0.2) is 0 Å². The average molecular weight is 445 g/mol. The summed E-state index contributed by atoms with van der Waals surface area (Å²) in [6.07, 6.45) is 1.99. The van der Waals surface area contributed by atoms with E-state index in [1.165, 1.54) is 5.56 Å². The monoisotopic (exact) mass is 444 g/mol. The first-order valence-corrected chi connectivity index (χ1v) is 11.5. The van der Waals surface area contributed by atoms with Crippen LogP contribution in [0.4, 0.5) is 0 Å². The molecule has 3 aromatic heterocycles. The van der Waals surface area contributed by atoms with Gasteiger partial charge in [-0.2, -0.15) is 4.98 Å². The number of aromatic amines is 1. The molecule has 0 saturated heterocycles. The molecular weight excluding hydrogens is 420 g/mol. The Morgan fingerprint density at radius 1 is 1.03 bits per heavy atom. The number of H-pyrrole nitrogens is 1. The molecular formula is C24H24N6OS. The largest absolute Gasteiger partial charge is 0.360 e. The summed E-state index contributed by atoms with van der Waals surface area (Å²) in [7, 11) is 0. The summed E-state index contributed by atoms with van der Waals surface area (Å²) in [6.45, 7) is 8.23. The van der Waals surface area contributed by atoms with Crippen LogP contribution in [0.5, 0.6) is 0 Å². The van der Waals surface area contributed by atoms with E-state index < -0.39 is 0 Å². The number of nitrogens with one attached hydrogen (secondary N) is 1. The lowest BCUT2D eigenvalue weighted by Crippen LogP contribution is -2.01. The molecule has 5 rings (SSSR count). The molecule has 0 aliphatic heterocycles. The Kier molecular flexibility index (Phi) is 5.30. The fraction of sp³-hybridized carbons (Fsp3) is 0.250. The van der Waals surface area contributed by atoms with Gasteiger partial charge in [-0.15, -0.1) is 10.2 Å². The molecule has 0 aliphatic carbocycles. The molecule has 1 unspecified atom stereocenters. The Labute approximate surface area is 190 Å². The summed E-state index contributed by atoms with van der Waals surface area (Å²) in [4.78, 5) is 7.90. The number of para-hydroxylation sites is 1. The minimum Gasteiger partial charge on any atom is -0.360 e. The van der Waals surface area contributed by atoms with Crippen LogP contribution in [0.25, 0.3) is 28.0 Å². The van der Waals surface area contributed by atoms with Gasteiger partial charge in [0, 0.05) is 34.3 Å². The summed E-state index contributed by atoms with van der Waals surface area (Å²) >= 11 is 1.56. The molecule has 0 aliphatic rings. The van der Waals surface area contributed by atoms with Gasteiger partial charge in [-0.3, -0.25) is 4.57 Å². The van der Waals surface area contributed by atoms with Gasteiger partial charge < -0.3 is 9.51 Å². The smallest absolute Gasteiger partial charge is 0.239 e. The van der Waals surface area contributed by atoms with Gasteiger partial charge >= 0.3 is 0 Å². The van der Waals surface area contributed by atoms with Crippen molar-refractivity contribution in [2.75, 3.05) is 0 Å². The molecule has 8 heteroatoms. The van der Waals surface area contributed by atoms with E-state index in [0.717, 1.165) is 33.1 Å². The lowest BCUT2D eigenvalue weighted by atomic mass is 10.1. The van der Waals surface area contributed by atoms with E-state index in [2.05, 4.69) is 73.2 Å². The molecule has 0 saturated carbocycles. The summed E-state index contributed by atoms with van der Waals surface area (Å²) in [5, 5.41) is 15.1. The van der Waals surface area contributed by atoms with Crippen molar-refractivity contribution in [1.29, 1.82) is 0 Å². The van der Waals surface area contributed by atoms with Crippen LogP contribution in [0.15, 0.2) is 64.4 Å². The van der Waals surface area contributed by atoms with Gasteiger partial charge in [0.2, 0.25) is 5.89 Å². The first-order valence-electron chi connectivity index (χ1n) is 10.6. The minimum atomic E-state index is -0.0708. The van der Waals surface area contributed by atoms with Crippen molar-refractivity contribution < 1.29 is 4.52 Å². The van der Waals surface area contributed by atoms with Crippen molar-refractivity contribution in [2.24, 2.45) is 0 Å². The van der Waals surface area contributed by atoms with E-state index in [1.54, 1.807) is 11.8 Å². The highest BCUT2D eigenvalue weighted by Gasteiger charge is 2.24. The lowest BCUT2D eigenvalue weighted by molar-refractivity contribution is 0.373. The second-order valence-electron chi connectivity index (χ2n) is 8.13. The molecule has 5 aromatic rings. The number of aryl methyl sites for hydroxylation is 1. The predicted molar refractivity (Wildman–Crippen MR) is 126 cm³/mol. The van der Waals surface area contributed by atoms with Crippen molar-refractivity contribution in [2.45, 2.75) is 44.0 Å². The molecule has 7 nitrogen and oxygen atoms in total. The highest BCUT2D eigenvalue weighted by molar-refractivity contribution is 7.99. The van der Waals surface area contributed by atoms with Crippen molar-refractivity contribution in [3.05, 3.63) is 72.0 Å². The lowest BCUT2D eigenvalue weighted by Gasteiger charge is -2.12.